The first-order valence-electron chi connectivity index (χ1n) is 3.83. The Hall–Kier alpha value is 0.103. The molecule has 0 bridgehead atoms. The van der Waals surface area contributed by atoms with Gasteiger partial charge in [-0.2, -0.15) is 0 Å². The van der Waals surface area contributed by atoms with Crippen LogP contribution in [0.15, 0.2) is 24.3 Å². The molecule has 10 heavy (non-hydrogen) atoms. The Kier molecular flexibility index (Phi) is 3.98. The first-order chi connectivity index (χ1) is 4.93. The fraction of sp³-hybridized carbons (Fsp3) is 0.556. The molecule has 58 valence electrons. The summed E-state index contributed by atoms with van der Waals surface area (Å²) in [6.45, 7) is 2.26. The summed E-state index contributed by atoms with van der Waals surface area (Å²) in [7, 11) is 0. The average molecular weight is 223 g/mol. The molecular weight excluding hydrogens is 209 g/mol. The van der Waals surface area contributed by atoms with Gasteiger partial charge in [0.25, 0.3) is 0 Å². The van der Waals surface area contributed by atoms with Crippen LogP contribution in [-0.4, -0.2) is 0 Å². The molecule has 0 fully saturated rings. The van der Waals surface area contributed by atoms with E-state index in [1.165, 1.54) is 17.9 Å². The summed E-state index contributed by atoms with van der Waals surface area (Å²) in [4.78, 5) is 0. The van der Waals surface area contributed by atoms with Crippen molar-refractivity contribution in [2.24, 2.45) is 0 Å². The van der Waals surface area contributed by atoms with Gasteiger partial charge in [0.2, 0.25) is 0 Å². The topological polar surface area (TPSA) is 0 Å². The van der Waals surface area contributed by atoms with Gasteiger partial charge in [-0.1, -0.05) is 0 Å². The second-order valence-electron chi connectivity index (χ2n) is 2.37. The van der Waals surface area contributed by atoms with Crippen molar-refractivity contribution in [1.29, 1.82) is 0 Å². The van der Waals surface area contributed by atoms with Crippen molar-refractivity contribution in [2.45, 2.75) is 29.3 Å². The van der Waals surface area contributed by atoms with Gasteiger partial charge in [0.1, 0.15) is 0 Å². The molecule has 0 aromatic carbocycles. The first kappa shape index (κ1) is 8.20. The Morgan fingerprint density at radius 2 is 2.00 bits per heavy atom. The molecule has 1 aliphatic rings. The third-order valence-electron chi connectivity index (χ3n) is 1.44. The van der Waals surface area contributed by atoms with Gasteiger partial charge in [0.05, 0.1) is 0 Å². The third-order valence-corrected chi connectivity index (χ3v) is 4.04. The molecule has 1 heteroatoms. The Labute approximate surface area is 71.0 Å². The van der Waals surface area contributed by atoms with Crippen LogP contribution >= 0.6 is 0 Å². The van der Waals surface area contributed by atoms with E-state index in [0.717, 1.165) is 4.51 Å². The third kappa shape index (κ3) is 2.79. The standard InChI is InChI=1S/C5H5.C4H9.Ru/c1-2-4-5-3-1;1-3-4-2;/h1-5H;1,3-4H2,2H3;. The number of rotatable bonds is 4. The molecule has 0 saturated carbocycles. The predicted octanol–water partition coefficient (Wildman–Crippen LogP) is 3.20. The number of hydrogen-bond donors (Lipinski definition) is 0. The van der Waals surface area contributed by atoms with E-state index in [1.54, 1.807) is 0 Å². The van der Waals surface area contributed by atoms with Crippen molar-refractivity contribution in [3.63, 3.8) is 0 Å². The van der Waals surface area contributed by atoms with Crippen molar-refractivity contribution >= 4 is 0 Å². The van der Waals surface area contributed by atoms with E-state index in [-0.39, 0.29) is 0 Å². The molecule has 0 atom stereocenters. The molecule has 1 rings (SSSR count). The minimum absolute atomic E-state index is 0.606. The Morgan fingerprint density at radius 3 is 2.60 bits per heavy atom. The van der Waals surface area contributed by atoms with Gasteiger partial charge in [-0.25, -0.2) is 0 Å². The van der Waals surface area contributed by atoms with Crippen LogP contribution in [0.1, 0.15) is 19.8 Å². The van der Waals surface area contributed by atoms with E-state index in [1.807, 2.05) is 0 Å². The second kappa shape index (κ2) is 4.85. The SMILES string of the molecule is CCC[CH2][Ru][CH]1C=CC=C1. The van der Waals surface area contributed by atoms with Gasteiger partial charge < -0.3 is 0 Å². The van der Waals surface area contributed by atoms with E-state index in [4.69, 9.17) is 0 Å². The molecule has 0 aromatic heterocycles. The molecule has 0 radical (unpaired) electrons. The maximum atomic E-state index is 2.33. The van der Waals surface area contributed by atoms with Crippen LogP contribution in [0.5, 0.6) is 0 Å². The van der Waals surface area contributed by atoms with E-state index in [9.17, 15) is 0 Å². The second-order valence-corrected chi connectivity index (χ2v) is 5.11. The molecule has 0 aliphatic heterocycles. The van der Waals surface area contributed by atoms with Gasteiger partial charge in [0, 0.05) is 0 Å². The Balaban J connectivity index is 2.03. The molecule has 0 N–H and O–H groups in total. The zero-order chi connectivity index (χ0) is 7.23. The molecule has 0 nitrogen and oxygen atoms in total. The summed E-state index contributed by atoms with van der Waals surface area (Å²) in [5.74, 6) is 0. The van der Waals surface area contributed by atoms with Gasteiger partial charge in [-0.05, 0) is 0 Å². The fourth-order valence-corrected chi connectivity index (χ4v) is 3.22. The summed E-state index contributed by atoms with van der Waals surface area (Å²) in [5, 5.41) is 1.47. The van der Waals surface area contributed by atoms with Gasteiger partial charge in [-0.15, -0.1) is 0 Å². The van der Waals surface area contributed by atoms with Gasteiger partial charge >= 0.3 is 70.7 Å². The molecule has 0 aromatic rings. The van der Waals surface area contributed by atoms with Crippen molar-refractivity contribution in [2.75, 3.05) is 0 Å². The number of allylic oxidation sites excluding steroid dienone is 4. The van der Waals surface area contributed by atoms with Crippen LogP contribution in [0.2, 0.25) is 9.53 Å². The van der Waals surface area contributed by atoms with Gasteiger partial charge in [-0.3, -0.25) is 0 Å². The number of unbranched alkanes of at least 4 members (excludes halogenated alkanes) is 1. The van der Waals surface area contributed by atoms with Crippen molar-refractivity contribution < 1.29 is 17.1 Å². The van der Waals surface area contributed by atoms with E-state index < -0.39 is 0 Å². The van der Waals surface area contributed by atoms with Crippen molar-refractivity contribution in [3.05, 3.63) is 24.3 Å². The van der Waals surface area contributed by atoms with E-state index in [2.05, 4.69) is 31.2 Å². The van der Waals surface area contributed by atoms with Crippen LogP contribution in [0.4, 0.5) is 0 Å². The summed E-state index contributed by atoms with van der Waals surface area (Å²) < 4.78 is 0.846. The number of hydrogen-bond acceptors (Lipinski definition) is 0. The van der Waals surface area contributed by atoms with E-state index in [0.29, 0.717) is 17.1 Å². The molecule has 0 spiro atoms. The zero-order valence-corrected chi connectivity index (χ0v) is 8.10. The molecular formula is C9H14Ru. The van der Waals surface area contributed by atoms with Crippen LogP contribution < -0.4 is 0 Å². The van der Waals surface area contributed by atoms with Crippen LogP contribution in [0.3, 0.4) is 0 Å². The summed E-state index contributed by atoms with van der Waals surface area (Å²) in [6.07, 6.45) is 11.8. The van der Waals surface area contributed by atoms with Gasteiger partial charge in [0.15, 0.2) is 0 Å². The molecule has 0 unspecified atom stereocenters. The van der Waals surface area contributed by atoms with Crippen LogP contribution in [0, 0.1) is 0 Å². The quantitative estimate of drug-likeness (QED) is 0.507. The van der Waals surface area contributed by atoms with Crippen LogP contribution in [-0.2, 0) is 17.1 Å². The van der Waals surface area contributed by atoms with Crippen LogP contribution in [0.25, 0.3) is 0 Å². The monoisotopic (exact) mass is 224 g/mol. The van der Waals surface area contributed by atoms with Crippen molar-refractivity contribution in [3.8, 4) is 0 Å². The van der Waals surface area contributed by atoms with E-state index >= 15 is 0 Å². The Bertz CT molecular complexity index is 124. The summed E-state index contributed by atoms with van der Waals surface area (Å²) >= 11 is 0.606. The molecule has 0 amide bonds. The molecule has 0 saturated heterocycles. The first-order valence-corrected chi connectivity index (χ1v) is 6.06. The minimum atomic E-state index is 0.606. The maximum absolute atomic E-state index is 2.33. The molecule has 1 aliphatic carbocycles. The summed E-state index contributed by atoms with van der Waals surface area (Å²) in [6, 6.07) is 0. The Morgan fingerprint density at radius 1 is 1.30 bits per heavy atom. The summed E-state index contributed by atoms with van der Waals surface area (Å²) in [5.41, 5.74) is 0. The molecule has 0 heterocycles. The zero-order valence-electron chi connectivity index (χ0n) is 6.36. The fourth-order valence-electron chi connectivity index (χ4n) is 0.811. The predicted molar refractivity (Wildman–Crippen MR) is 41.7 cm³/mol. The average Bonchev–Trinajstić information content (AvgIpc) is 2.41. The normalized spacial score (nSPS) is 17.3. The van der Waals surface area contributed by atoms with Crippen molar-refractivity contribution in [1.82, 2.24) is 0 Å².